The molecule has 0 spiro atoms. The fourth-order valence-electron chi connectivity index (χ4n) is 3.09. The molecule has 1 atom stereocenters. The minimum absolute atomic E-state index is 0.108. The van der Waals surface area contributed by atoms with E-state index in [9.17, 15) is 0 Å². The van der Waals surface area contributed by atoms with E-state index < -0.39 is 0 Å². The minimum atomic E-state index is -0.108. The van der Waals surface area contributed by atoms with Gasteiger partial charge in [-0.2, -0.15) is 0 Å². The van der Waals surface area contributed by atoms with Gasteiger partial charge in [0.1, 0.15) is 11.9 Å². The number of ether oxygens (including phenoxy) is 2. The van der Waals surface area contributed by atoms with Crippen molar-refractivity contribution in [2.75, 3.05) is 19.5 Å². The summed E-state index contributed by atoms with van der Waals surface area (Å²) in [5.74, 6) is 0.830. The number of benzene rings is 2. The first-order valence-corrected chi connectivity index (χ1v) is 9.14. The number of hydrogen-bond donors (Lipinski definition) is 1. The van der Waals surface area contributed by atoms with E-state index in [2.05, 4.69) is 54.5 Å². The maximum Gasteiger partial charge on any atom is 0.142 e. The summed E-state index contributed by atoms with van der Waals surface area (Å²) >= 11 is 0. The number of aromatic nitrogens is 1. The van der Waals surface area contributed by atoms with Gasteiger partial charge in [-0.3, -0.25) is 4.98 Å². The van der Waals surface area contributed by atoms with Crippen molar-refractivity contribution in [3.8, 4) is 16.9 Å². The van der Waals surface area contributed by atoms with Crippen molar-refractivity contribution in [2.45, 2.75) is 26.1 Å². The highest BCUT2D eigenvalue weighted by atomic mass is 16.5. The second-order valence-corrected chi connectivity index (χ2v) is 6.63. The molecule has 0 aliphatic heterocycles. The molecule has 140 valence electrons. The smallest absolute Gasteiger partial charge is 0.142 e. The lowest BCUT2D eigenvalue weighted by Gasteiger charge is -2.21. The Kier molecular flexibility index (Phi) is 6.09. The van der Waals surface area contributed by atoms with Gasteiger partial charge in [0.15, 0.2) is 0 Å². The Morgan fingerprint density at radius 2 is 1.48 bits per heavy atom. The van der Waals surface area contributed by atoms with Gasteiger partial charge in [0.05, 0.1) is 18.9 Å². The minimum Gasteiger partial charge on any atom is -0.495 e. The van der Waals surface area contributed by atoms with Crippen LogP contribution in [0, 0.1) is 0 Å². The van der Waals surface area contributed by atoms with Crippen LogP contribution in [-0.2, 0) is 4.74 Å². The third kappa shape index (κ3) is 4.47. The average molecular weight is 362 g/mol. The molecule has 3 rings (SSSR count). The Bertz CT molecular complexity index is 861. The van der Waals surface area contributed by atoms with Crippen molar-refractivity contribution in [2.24, 2.45) is 0 Å². The first kappa shape index (κ1) is 18.9. The second kappa shape index (κ2) is 8.69. The van der Waals surface area contributed by atoms with Crippen LogP contribution in [0.5, 0.6) is 5.75 Å². The molecule has 1 aromatic heterocycles. The molecule has 0 aliphatic rings. The van der Waals surface area contributed by atoms with E-state index in [4.69, 9.17) is 9.47 Å². The summed E-state index contributed by atoms with van der Waals surface area (Å²) < 4.78 is 11.7. The zero-order valence-electron chi connectivity index (χ0n) is 16.3. The van der Waals surface area contributed by atoms with E-state index in [0.29, 0.717) is 0 Å². The van der Waals surface area contributed by atoms with E-state index in [-0.39, 0.29) is 12.2 Å². The second-order valence-electron chi connectivity index (χ2n) is 6.63. The van der Waals surface area contributed by atoms with Gasteiger partial charge in [0.2, 0.25) is 0 Å². The van der Waals surface area contributed by atoms with Crippen molar-refractivity contribution < 1.29 is 9.47 Å². The van der Waals surface area contributed by atoms with Gasteiger partial charge in [-0.15, -0.1) is 0 Å². The summed E-state index contributed by atoms with van der Waals surface area (Å²) in [4.78, 5) is 4.11. The molecule has 0 saturated carbocycles. The van der Waals surface area contributed by atoms with E-state index >= 15 is 0 Å². The molecule has 4 heteroatoms. The van der Waals surface area contributed by atoms with Crippen molar-refractivity contribution in [1.82, 2.24) is 4.98 Å². The van der Waals surface area contributed by atoms with Crippen LogP contribution in [0.15, 0.2) is 67.0 Å². The van der Waals surface area contributed by atoms with Gasteiger partial charge in [-0.05, 0) is 60.4 Å². The Balaban J connectivity index is 1.91. The molecule has 0 amide bonds. The molecule has 2 aromatic carbocycles. The van der Waals surface area contributed by atoms with Crippen LogP contribution in [-0.4, -0.2) is 25.2 Å². The van der Waals surface area contributed by atoms with Gasteiger partial charge in [0, 0.05) is 19.4 Å². The maximum absolute atomic E-state index is 6.18. The highest BCUT2D eigenvalue weighted by molar-refractivity contribution is 5.71. The first-order chi connectivity index (χ1) is 13.1. The fraction of sp³-hybridized carbons (Fsp3) is 0.261. The first-order valence-electron chi connectivity index (χ1n) is 9.14. The van der Waals surface area contributed by atoms with Gasteiger partial charge >= 0.3 is 0 Å². The Morgan fingerprint density at radius 1 is 0.852 bits per heavy atom. The predicted octanol–water partition coefficient (Wildman–Crippen LogP) is 5.31. The number of hydrogen-bond acceptors (Lipinski definition) is 4. The van der Waals surface area contributed by atoms with Crippen LogP contribution >= 0.6 is 0 Å². The van der Waals surface area contributed by atoms with Gasteiger partial charge < -0.3 is 14.8 Å². The fourth-order valence-corrected chi connectivity index (χ4v) is 3.09. The highest BCUT2D eigenvalue weighted by Gasteiger charge is 2.16. The molecular formula is C23H26N2O2. The van der Waals surface area contributed by atoms with E-state index in [0.717, 1.165) is 33.7 Å². The molecule has 27 heavy (non-hydrogen) atoms. The standard InChI is InChI=1S/C23H26N2O2/c1-16(2)27-23(19-11-13-25-14-12-19)18-7-5-17(6-8-18)20-9-10-21(24-3)22(15-20)26-4/h5-16,23-24H,1-4H3. The summed E-state index contributed by atoms with van der Waals surface area (Å²) in [7, 11) is 3.58. The van der Waals surface area contributed by atoms with Crippen molar-refractivity contribution in [1.29, 1.82) is 0 Å². The molecule has 4 nitrogen and oxygen atoms in total. The summed E-state index contributed by atoms with van der Waals surface area (Å²) in [6.07, 6.45) is 3.62. The summed E-state index contributed by atoms with van der Waals surface area (Å²) in [6.45, 7) is 4.11. The molecule has 0 bridgehead atoms. The van der Waals surface area contributed by atoms with E-state index in [1.807, 2.05) is 31.3 Å². The van der Waals surface area contributed by atoms with Crippen molar-refractivity contribution >= 4 is 5.69 Å². The topological polar surface area (TPSA) is 43.4 Å². The van der Waals surface area contributed by atoms with Gasteiger partial charge in [-0.25, -0.2) is 0 Å². The summed E-state index contributed by atoms with van der Waals surface area (Å²) in [6, 6.07) is 18.7. The monoisotopic (exact) mass is 362 g/mol. The maximum atomic E-state index is 6.18. The summed E-state index contributed by atoms with van der Waals surface area (Å²) in [5, 5.41) is 3.14. The summed E-state index contributed by atoms with van der Waals surface area (Å²) in [5.41, 5.74) is 5.45. The molecule has 1 heterocycles. The van der Waals surface area contributed by atoms with Crippen LogP contribution in [0.4, 0.5) is 5.69 Å². The van der Waals surface area contributed by atoms with Crippen LogP contribution in [0.25, 0.3) is 11.1 Å². The molecule has 0 aliphatic carbocycles. The number of rotatable bonds is 7. The lowest BCUT2D eigenvalue weighted by atomic mass is 9.98. The molecule has 0 saturated heterocycles. The van der Waals surface area contributed by atoms with Crippen LogP contribution < -0.4 is 10.1 Å². The Labute approximate surface area is 161 Å². The van der Waals surface area contributed by atoms with E-state index in [1.54, 1.807) is 19.5 Å². The zero-order chi connectivity index (χ0) is 19.2. The number of pyridine rings is 1. The lowest BCUT2D eigenvalue weighted by molar-refractivity contribution is 0.0303. The SMILES string of the molecule is CNc1ccc(-c2ccc(C(OC(C)C)c3ccncc3)cc2)cc1OC. The highest BCUT2D eigenvalue weighted by Crippen LogP contribution is 2.32. The lowest BCUT2D eigenvalue weighted by Crippen LogP contribution is -2.12. The number of nitrogens with zero attached hydrogens (tertiary/aromatic N) is 1. The van der Waals surface area contributed by atoms with E-state index in [1.165, 1.54) is 0 Å². The molecule has 1 unspecified atom stereocenters. The molecule has 0 radical (unpaired) electrons. The third-order valence-electron chi connectivity index (χ3n) is 4.43. The molecule has 1 N–H and O–H groups in total. The largest absolute Gasteiger partial charge is 0.495 e. The van der Waals surface area contributed by atoms with Crippen molar-refractivity contribution in [3.63, 3.8) is 0 Å². The quantitative estimate of drug-likeness (QED) is 0.618. The molecule has 0 fully saturated rings. The molecule has 3 aromatic rings. The Hall–Kier alpha value is -2.85. The van der Waals surface area contributed by atoms with Crippen LogP contribution in [0.1, 0.15) is 31.1 Å². The van der Waals surface area contributed by atoms with Crippen LogP contribution in [0.2, 0.25) is 0 Å². The number of methoxy groups -OCH3 is 1. The molecular weight excluding hydrogens is 336 g/mol. The zero-order valence-corrected chi connectivity index (χ0v) is 16.3. The number of nitrogens with one attached hydrogen (secondary N) is 1. The normalized spacial score (nSPS) is 12.0. The van der Waals surface area contributed by atoms with Crippen LogP contribution in [0.3, 0.4) is 0 Å². The van der Waals surface area contributed by atoms with Crippen molar-refractivity contribution in [3.05, 3.63) is 78.1 Å². The Morgan fingerprint density at radius 3 is 2.07 bits per heavy atom. The average Bonchev–Trinajstić information content (AvgIpc) is 2.72. The van der Waals surface area contributed by atoms with Gasteiger partial charge in [-0.1, -0.05) is 30.3 Å². The predicted molar refractivity (Wildman–Crippen MR) is 110 cm³/mol. The van der Waals surface area contributed by atoms with Gasteiger partial charge in [0.25, 0.3) is 0 Å². The number of anilines is 1. The third-order valence-corrected chi connectivity index (χ3v) is 4.43.